The molecule has 1 aromatic rings. The lowest BCUT2D eigenvalue weighted by Gasteiger charge is -2.48. The zero-order chi connectivity index (χ0) is 17.4. The van der Waals surface area contributed by atoms with Crippen LogP contribution in [0.1, 0.15) is 11.6 Å². The van der Waals surface area contributed by atoms with Crippen LogP contribution in [0.4, 0.5) is 0 Å². The Kier molecular flexibility index (Phi) is 4.20. The van der Waals surface area contributed by atoms with E-state index in [4.69, 9.17) is 10.8 Å². The number of hydrogen-bond acceptors (Lipinski definition) is 6. The van der Waals surface area contributed by atoms with E-state index in [0.717, 1.165) is 0 Å². The quantitative estimate of drug-likeness (QED) is 0.551. The summed E-state index contributed by atoms with van der Waals surface area (Å²) in [7, 11) is 0. The largest absolute Gasteiger partial charge is 0.508 e. The molecule has 0 saturated carbocycles. The molecule has 1 saturated heterocycles. The Morgan fingerprint density at radius 2 is 2.00 bits per heavy atom. The van der Waals surface area contributed by atoms with Gasteiger partial charge in [-0.25, -0.2) is 4.79 Å². The Balaban J connectivity index is 1.68. The number of hydrogen-bond donors (Lipinski definition) is 4. The molecule has 126 valence electrons. The Morgan fingerprint density at radius 1 is 1.33 bits per heavy atom. The molecule has 2 unspecified atom stereocenters. The fourth-order valence-corrected chi connectivity index (χ4v) is 3.81. The van der Waals surface area contributed by atoms with Crippen molar-refractivity contribution in [2.45, 2.75) is 17.5 Å². The lowest BCUT2D eigenvalue weighted by Crippen LogP contribution is -2.70. The SMILES string of the molecule is NC(C(=O)NC1C(=O)N2C(C(=O)O)=CCS[C@@H]12)c1ccc(O)cc1. The molecule has 1 aromatic carbocycles. The summed E-state index contributed by atoms with van der Waals surface area (Å²) in [5.74, 6) is -1.66. The smallest absolute Gasteiger partial charge is 0.352 e. The molecule has 0 aliphatic carbocycles. The summed E-state index contributed by atoms with van der Waals surface area (Å²) in [6.07, 6.45) is 1.47. The average Bonchev–Trinajstić information content (AvgIpc) is 2.58. The Morgan fingerprint density at radius 3 is 2.62 bits per heavy atom. The Hall–Kier alpha value is -2.52. The van der Waals surface area contributed by atoms with Gasteiger partial charge >= 0.3 is 5.97 Å². The molecule has 2 amide bonds. The predicted octanol–water partition coefficient (Wildman–Crippen LogP) is -0.240. The highest BCUT2D eigenvalue weighted by Crippen LogP contribution is 2.37. The van der Waals surface area contributed by atoms with Crippen molar-refractivity contribution in [3.63, 3.8) is 0 Å². The van der Waals surface area contributed by atoms with Crippen molar-refractivity contribution in [2.24, 2.45) is 5.73 Å². The number of benzene rings is 1. The zero-order valence-corrected chi connectivity index (χ0v) is 13.2. The maximum Gasteiger partial charge on any atom is 0.352 e. The van der Waals surface area contributed by atoms with Crippen LogP contribution >= 0.6 is 11.8 Å². The van der Waals surface area contributed by atoms with E-state index in [0.29, 0.717) is 11.3 Å². The van der Waals surface area contributed by atoms with Crippen LogP contribution < -0.4 is 11.1 Å². The molecular formula is C15H15N3O5S. The number of carbonyl (C=O) groups is 3. The molecule has 5 N–H and O–H groups in total. The number of carboxylic acids is 1. The molecule has 2 heterocycles. The lowest BCUT2D eigenvalue weighted by atomic mass is 10.0. The molecule has 24 heavy (non-hydrogen) atoms. The average molecular weight is 349 g/mol. The van der Waals surface area contributed by atoms with E-state index in [1.165, 1.54) is 47.0 Å². The second-order valence-corrected chi connectivity index (χ2v) is 6.53. The highest BCUT2D eigenvalue weighted by atomic mass is 32.2. The number of carbonyl (C=O) groups excluding carboxylic acids is 2. The van der Waals surface area contributed by atoms with E-state index >= 15 is 0 Å². The van der Waals surface area contributed by atoms with Gasteiger partial charge in [-0.2, -0.15) is 0 Å². The van der Waals surface area contributed by atoms with Crippen LogP contribution in [0.3, 0.4) is 0 Å². The van der Waals surface area contributed by atoms with Gasteiger partial charge in [0.25, 0.3) is 5.91 Å². The van der Waals surface area contributed by atoms with Crippen LogP contribution in [0.25, 0.3) is 0 Å². The number of nitrogens with one attached hydrogen (secondary N) is 1. The van der Waals surface area contributed by atoms with Gasteiger partial charge in [0.05, 0.1) is 0 Å². The summed E-state index contributed by atoms with van der Waals surface area (Å²) in [6.45, 7) is 0. The topological polar surface area (TPSA) is 133 Å². The molecule has 0 spiro atoms. The summed E-state index contributed by atoms with van der Waals surface area (Å²) in [4.78, 5) is 36.7. The molecule has 1 fully saturated rings. The van der Waals surface area contributed by atoms with Gasteiger partial charge in [0, 0.05) is 5.75 Å². The minimum absolute atomic E-state index is 0.0581. The first-order valence-electron chi connectivity index (χ1n) is 7.13. The molecule has 2 aliphatic rings. The molecule has 2 aliphatic heterocycles. The molecule has 0 aromatic heterocycles. The number of phenols is 1. The van der Waals surface area contributed by atoms with E-state index in [2.05, 4.69) is 5.32 Å². The number of aliphatic carboxylic acids is 1. The Labute approximate surface area is 141 Å². The van der Waals surface area contributed by atoms with Crippen molar-refractivity contribution in [3.8, 4) is 5.75 Å². The molecule has 8 nitrogen and oxygen atoms in total. The molecule has 3 atom stereocenters. The number of rotatable bonds is 4. The molecule has 9 heteroatoms. The molecule has 3 rings (SSSR count). The minimum Gasteiger partial charge on any atom is -0.508 e. The second-order valence-electron chi connectivity index (χ2n) is 5.38. The van der Waals surface area contributed by atoms with Crippen LogP contribution in [0.2, 0.25) is 0 Å². The standard InChI is InChI=1S/C15H15N3O5S/c16-10(7-1-3-8(19)4-2-7)12(20)17-11-13(21)18-9(15(22)23)5-6-24-14(11)18/h1-5,10-11,14,19H,6,16H2,(H,17,20)(H,22,23)/t10?,11?,14-/m0/s1. The van der Waals surface area contributed by atoms with Crippen molar-refractivity contribution in [2.75, 3.05) is 5.75 Å². The fourth-order valence-electron chi connectivity index (χ4n) is 2.61. The van der Waals surface area contributed by atoms with Crippen molar-refractivity contribution < 1.29 is 24.6 Å². The van der Waals surface area contributed by atoms with Gasteiger partial charge in [-0.1, -0.05) is 12.1 Å². The third kappa shape index (κ3) is 2.72. The summed E-state index contributed by atoms with van der Waals surface area (Å²) in [5.41, 5.74) is 6.31. The van der Waals surface area contributed by atoms with Gasteiger partial charge in [0.15, 0.2) is 0 Å². The minimum atomic E-state index is -1.17. The van der Waals surface area contributed by atoms with E-state index in [-0.39, 0.29) is 11.4 Å². The van der Waals surface area contributed by atoms with Gasteiger partial charge < -0.3 is 21.3 Å². The second kappa shape index (κ2) is 6.17. The number of phenolic OH excluding ortho intramolecular Hbond substituents is 1. The highest BCUT2D eigenvalue weighted by Gasteiger charge is 2.52. The number of thioether (sulfide) groups is 1. The van der Waals surface area contributed by atoms with Gasteiger partial charge in [0.2, 0.25) is 5.91 Å². The number of aromatic hydroxyl groups is 1. The van der Waals surface area contributed by atoms with E-state index in [1.807, 2.05) is 0 Å². The maximum absolute atomic E-state index is 12.3. The van der Waals surface area contributed by atoms with Crippen LogP contribution in [0.5, 0.6) is 5.75 Å². The van der Waals surface area contributed by atoms with E-state index < -0.39 is 35.2 Å². The number of nitrogens with two attached hydrogens (primary N) is 1. The maximum atomic E-state index is 12.3. The van der Waals surface area contributed by atoms with Crippen LogP contribution in [-0.2, 0) is 14.4 Å². The van der Waals surface area contributed by atoms with E-state index in [1.54, 1.807) is 0 Å². The lowest BCUT2D eigenvalue weighted by molar-refractivity contribution is -0.150. The van der Waals surface area contributed by atoms with Crippen LogP contribution in [0, 0.1) is 0 Å². The van der Waals surface area contributed by atoms with Crippen molar-refractivity contribution in [1.82, 2.24) is 10.2 Å². The summed E-state index contributed by atoms with van der Waals surface area (Å²) in [5, 5.41) is 20.5. The monoisotopic (exact) mass is 349 g/mol. The van der Waals surface area contributed by atoms with Crippen molar-refractivity contribution in [1.29, 1.82) is 0 Å². The zero-order valence-electron chi connectivity index (χ0n) is 12.4. The van der Waals surface area contributed by atoms with Crippen LogP contribution in [0.15, 0.2) is 36.0 Å². The van der Waals surface area contributed by atoms with E-state index in [9.17, 15) is 19.5 Å². The molecular weight excluding hydrogens is 334 g/mol. The van der Waals surface area contributed by atoms with Gasteiger partial charge in [0.1, 0.15) is 28.9 Å². The summed E-state index contributed by atoms with van der Waals surface area (Å²) in [6, 6.07) is 4.09. The first kappa shape index (κ1) is 16.3. The summed E-state index contributed by atoms with van der Waals surface area (Å²) >= 11 is 1.37. The number of fused-ring (bicyclic) bond motifs is 1. The third-order valence-corrected chi connectivity index (χ3v) is 5.08. The van der Waals surface area contributed by atoms with Crippen LogP contribution in [-0.4, -0.2) is 50.1 Å². The predicted molar refractivity (Wildman–Crippen MR) is 85.8 cm³/mol. The molecule has 0 radical (unpaired) electrons. The number of nitrogens with zero attached hydrogens (tertiary/aromatic N) is 1. The Bertz CT molecular complexity index is 733. The number of β-lactam (4-membered cyclic amide) rings is 1. The summed E-state index contributed by atoms with van der Waals surface area (Å²) < 4.78 is 0. The number of carboxylic acid groups (broad SMARTS) is 1. The first-order valence-corrected chi connectivity index (χ1v) is 8.18. The normalized spacial score (nSPS) is 23.6. The molecule has 0 bridgehead atoms. The van der Waals surface area contributed by atoms with Gasteiger partial charge in [-0.05, 0) is 23.8 Å². The highest BCUT2D eigenvalue weighted by molar-refractivity contribution is 8.00. The van der Waals surface area contributed by atoms with Crippen molar-refractivity contribution >= 4 is 29.5 Å². The fraction of sp³-hybridized carbons (Fsp3) is 0.267. The van der Waals surface area contributed by atoms with Crippen molar-refractivity contribution in [3.05, 3.63) is 41.6 Å². The third-order valence-electron chi connectivity index (χ3n) is 3.90. The van der Waals surface area contributed by atoms with Gasteiger partial charge in [-0.15, -0.1) is 11.8 Å². The first-order chi connectivity index (χ1) is 11.4. The van der Waals surface area contributed by atoms with Gasteiger partial charge in [-0.3, -0.25) is 14.5 Å². The number of amides is 2.